The van der Waals surface area contributed by atoms with Crippen molar-refractivity contribution >= 4 is 28.5 Å². The van der Waals surface area contributed by atoms with E-state index in [4.69, 9.17) is 4.52 Å². The first-order chi connectivity index (χ1) is 21.6. The third-order valence-corrected chi connectivity index (χ3v) is 16.1. The van der Waals surface area contributed by atoms with Crippen LogP contribution >= 0.6 is 6.83 Å². The second-order valence-electron chi connectivity index (χ2n) is 11.6. The van der Waals surface area contributed by atoms with Gasteiger partial charge in [0.25, 0.3) is 0 Å². The first-order valence-corrected chi connectivity index (χ1v) is 17.4. The second-order valence-corrected chi connectivity index (χ2v) is 16.4. The zero-order valence-corrected chi connectivity index (χ0v) is 25.6. The van der Waals surface area contributed by atoms with Gasteiger partial charge in [-0.3, -0.25) is 0 Å². The summed E-state index contributed by atoms with van der Waals surface area (Å²) in [6.45, 7) is -1.61. The molecule has 0 unspecified atom stereocenters. The van der Waals surface area contributed by atoms with Gasteiger partial charge in [0, 0.05) is 0 Å². The fourth-order valence-corrected chi connectivity index (χ4v) is 14.7. The molecule has 6 aromatic rings. The topological polar surface area (TPSA) is 26.3 Å². The molecule has 1 fully saturated rings. The molecular weight excluding hydrogens is 555 g/mol. The Morgan fingerprint density at radius 3 is 1.32 bits per heavy atom. The Hall–Kier alpha value is -4.62. The number of carbonyl (C=O) groups is 1. The van der Waals surface area contributed by atoms with E-state index in [0.717, 1.165) is 27.0 Å². The number of hydrogen-bond acceptors (Lipinski definition) is 2. The molecule has 7 rings (SSSR count). The van der Waals surface area contributed by atoms with Crippen LogP contribution in [0.4, 0.5) is 0 Å². The number of ketones is 1. The monoisotopic (exact) mass is 590 g/mol. The molecule has 216 valence electrons. The minimum absolute atomic E-state index is 0.0284. The van der Waals surface area contributed by atoms with E-state index in [0.29, 0.717) is 5.56 Å². The average Bonchev–Trinajstić information content (AvgIpc) is 3.38. The van der Waals surface area contributed by atoms with Crippen molar-refractivity contribution in [1.82, 2.24) is 0 Å². The predicted molar refractivity (Wildman–Crippen MR) is 184 cm³/mol. The molecule has 44 heavy (non-hydrogen) atoms. The van der Waals surface area contributed by atoms with Gasteiger partial charge in [-0.2, -0.15) is 0 Å². The summed E-state index contributed by atoms with van der Waals surface area (Å²) in [5.74, 6) is -0.337. The summed E-state index contributed by atoms with van der Waals surface area (Å²) in [5, 5.41) is 3.34. The Bertz CT molecular complexity index is 1760. The molecule has 0 aromatic heterocycles. The van der Waals surface area contributed by atoms with E-state index in [1.165, 1.54) is 0 Å². The Morgan fingerprint density at radius 2 is 0.886 bits per heavy atom. The van der Waals surface area contributed by atoms with Crippen molar-refractivity contribution in [2.45, 2.75) is 24.1 Å². The number of benzene rings is 6. The van der Waals surface area contributed by atoms with Crippen LogP contribution in [-0.2, 0) is 10.1 Å². The van der Waals surface area contributed by atoms with E-state index in [9.17, 15) is 0 Å². The predicted octanol–water partition coefficient (Wildman–Crippen LogP) is 8.41. The Morgan fingerprint density at radius 1 is 0.523 bits per heavy atom. The van der Waals surface area contributed by atoms with Gasteiger partial charge in [0.15, 0.2) is 0 Å². The number of Topliss-reactive ketones (excluding diaryl/α,β-unsaturated/α-hetero) is 1. The number of hydrogen-bond donors (Lipinski definition) is 0. The third-order valence-electron chi connectivity index (χ3n) is 9.57. The molecule has 0 spiro atoms. The van der Waals surface area contributed by atoms with Crippen molar-refractivity contribution in [2.24, 2.45) is 0 Å². The molecule has 0 bridgehead atoms. The summed E-state index contributed by atoms with van der Waals surface area (Å²) in [4.78, 5) is 15.5. The van der Waals surface area contributed by atoms with Crippen molar-refractivity contribution in [2.75, 3.05) is 0 Å². The molecule has 3 atom stereocenters. The van der Waals surface area contributed by atoms with Gasteiger partial charge in [-0.15, -0.1) is 0 Å². The van der Waals surface area contributed by atoms with Crippen molar-refractivity contribution in [3.63, 3.8) is 0 Å². The minimum atomic E-state index is -3.94. The summed E-state index contributed by atoms with van der Waals surface area (Å²) < 4.78 is 8.25. The van der Waals surface area contributed by atoms with Gasteiger partial charge in [-0.1, -0.05) is 0 Å². The van der Waals surface area contributed by atoms with Crippen LogP contribution in [0.25, 0.3) is 0 Å². The van der Waals surface area contributed by atoms with Gasteiger partial charge in [0.05, 0.1) is 0 Å². The van der Waals surface area contributed by atoms with Gasteiger partial charge in [-0.05, 0) is 0 Å². The van der Waals surface area contributed by atoms with E-state index in [1.807, 2.05) is 54.6 Å². The average molecular weight is 591 g/mol. The molecule has 1 heterocycles. The summed E-state index contributed by atoms with van der Waals surface area (Å²) in [5.41, 5.74) is 1.13. The summed E-state index contributed by atoms with van der Waals surface area (Å²) in [7, 11) is 0. The number of rotatable bonds is 7. The van der Waals surface area contributed by atoms with Crippen LogP contribution in [0.5, 0.6) is 0 Å². The quantitative estimate of drug-likeness (QED) is 0.138. The summed E-state index contributed by atoms with van der Waals surface area (Å²) in [6.07, 6.45) is 0. The van der Waals surface area contributed by atoms with E-state index in [-0.39, 0.29) is 17.4 Å². The molecular formula is C41H35O2P. The van der Waals surface area contributed by atoms with E-state index in [2.05, 4.69) is 134 Å². The molecule has 1 saturated heterocycles. The summed E-state index contributed by atoms with van der Waals surface area (Å²) in [6, 6.07) is 62.4. The van der Waals surface area contributed by atoms with Crippen LogP contribution in [-0.4, -0.2) is 11.4 Å². The maximum absolute atomic E-state index is 15.5. The number of carbonyl (C=O) groups excluding carboxylic acids is 1. The third kappa shape index (κ3) is 3.92. The van der Waals surface area contributed by atoms with Gasteiger partial charge in [-0.25, -0.2) is 0 Å². The molecule has 2 nitrogen and oxygen atoms in total. The molecule has 0 amide bonds. The molecule has 1 aliphatic heterocycles. The SMILES string of the molecule is C[C@@H]1[C@@H](c2ccccc2)[C@](C(=O)c2ccccc2)(c2ccccc2)OP1(c1ccccc1)(c1ccccc1)c1ccccc1. The van der Waals surface area contributed by atoms with Crippen molar-refractivity contribution < 1.29 is 9.32 Å². The Kier molecular flexibility index (Phi) is 7.13. The maximum atomic E-state index is 15.5. The normalized spacial score (nSPS) is 22.8. The Labute approximate surface area is 260 Å². The van der Waals surface area contributed by atoms with Crippen LogP contribution in [0, 0.1) is 0 Å². The van der Waals surface area contributed by atoms with Crippen molar-refractivity contribution in [3.8, 4) is 0 Å². The van der Waals surface area contributed by atoms with Crippen LogP contribution < -0.4 is 15.9 Å². The summed E-state index contributed by atoms with van der Waals surface area (Å²) >= 11 is 0. The van der Waals surface area contributed by atoms with Crippen LogP contribution in [0.15, 0.2) is 182 Å². The molecule has 3 heteroatoms. The van der Waals surface area contributed by atoms with Crippen LogP contribution in [0.3, 0.4) is 0 Å². The standard InChI is InChI=1S/C41H35O2P/c1-32-39(33-20-8-2-9-21-33)41(35-24-12-4-13-25-35,40(42)34-22-10-3-11-23-34)43-44(32,36-26-14-5-15-27-36,37-28-16-6-17-29-37)38-30-18-7-19-31-38/h2-32,39H,1H3/t32-,39+,41+/m1/s1. The molecule has 1 aliphatic rings. The van der Waals surface area contributed by atoms with E-state index in [1.54, 1.807) is 0 Å². The van der Waals surface area contributed by atoms with Crippen LogP contribution in [0.1, 0.15) is 34.3 Å². The zero-order chi connectivity index (χ0) is 30.1. The van der Waals surface area contributed by atoms with Gasteiger partial charge in [0.1, 0.15) is 0 Å². The van der Waals surface area contributed by atoms with Crippen molar-refractivity contribution in [3.05, 3.63) is 199 Å². The molecule has 6 aromatic carbocycles. The van der Waals surface area contributed by atoms with E-state index < -0.39 is 12.4 Å². The Balaban J connectivity index is 1.71. The van der Waals surface area contributed by atoms with Crippen molar-refractivity contribution in [1.29, 1.82) is 0 Å². The molecule has 0 saturated carbocycles. The molecule has 0 radical (unpaired) electrons. The first kappa shape index (κ1) is 28.2. The van der Waals surface area contributed by atoms with Gasteiger partial charge >= 0.3 is 261 Å². The van der Waals surface area contributed by atoms with Gasteiger partial charge in [0.2, 0.25) is 0 Å². The first-order valence-electron chi connectivity index (χ1n) is 15.2. The van der Waals surface area contributed by atoms with Gasteiger partial charge < -0.3 is 0 Å². The van der Waals surface area contributed by atoms with Crippen LogP contribution in [0.2, 0.25) is 0 Å². The van der Waals surface area contributed by atoms with E-state index >= 15 is 4.79 Å². The zero-order valence-electron chi connectivity index (χ0n) is 24.7. The molecule has 0 aliphatic carbocycles. The fourth-order valence-electron chi connectivity index (χ4n) is 7.76. The molecule has 0 N–H and O–H groups in total. The second kappa shape index (κ2) is 11.1. The fraction of sp³-hybridized carbons (Fsp3) is 0.0976.